The lowest BCUT2D eigenvalue weighted by molar-refractivity contribution is -0.154. The van der Waals surface area contributed by atoms with Crippen molar-refractivity contribution in [2.75, 3.05) is 13.7 Å². The maximum absolute atomic E-state index is 12.0. The van der Waals surface area contributed by atoms with Crippen molar-refractivity contribution in [2.24, 2.45) is 0 Å². The highest BCUT2D eigenvalue weighted by molar-refractivity contribution is 5.76. The highest BCUT2D eigenvalue weighted by Crippen LogP contribution is 2.23. The average Bonchev–Trinajstić information content (AvgIpc) is 2.96. The number of hydrogen-bond donors (Lipinski definition) is 1. The summed E-state index contributed by atoms with van der Waals surface area (Å²) in [5.41, 5.74) is 2.96. The highest BCUT2D eigenvalue weighted by Gasteiger charge is 2.36. The quantitative estimate of drug-likeness (QED) is 0.865. The molecule has 6 heteroatoms. The zero-order chi connectivity index (χ0) is 17.1. The summed E-state index contributed by atoms with van der Waals surface area (Å²) in [5.74, 6) is -0.379. The van der Waals surface area contributed by atoms with Gasteiger partial charge in [-0.15, -0.1) is 0 Å². The van der Waals surface area contributed by atoms with Crippen LogP contribution in [-0.4, -0.2) is 51.6 Å². The van der Waals surface area contributed by atoms with E-state index < -0.39 is 12.1 Å². The normalized spacial score (nSPS) is 21.6. The Morgan fingerprint density at radius 1 is 1.38 bits per heavy atom. The number of para-hydroxylation sites is 1. The van der Waals surface area contributed by atoms with Gasteiger partial charge in [-0.3, -0.25) is 9.69 Å². The van der Waals surface area contributed by atoms with Gasteiger partial charge in [-0.1, -0.05) is 18.2 Å². The lowest BCUT2D eigenvalue weighted by Crippen LogP contribution is -2.52. The minimum Gasteiger partial charge on any atom is -0.468 e. The number of ether oxygens (including phenoxy) is 1. The van der Waals surface area contributed by atoms with Crippen LogP contribution in [-0.2, 0) is 16.1 Å². The topological polar surface area (TPSA) is 67.6 Å². The average molecular weight is 329 g/mol. The molecule has 3 rings (SSSR count). The molecule has 0 aliphatic carbocycles. The minimum absolute atomic E-state index is 0.379. The van der Waals surface area contributed by atoms with Gasteiger partial charge in [0.25, 0.3) is 0 Å². The first-order valence-electron chi connectivity index (χ1n) is 8.20. The van der Waals surface area contributed by atoms with Gasteiger partial charge < -0.3 is 9.84 Å². The molecule has 0 bridgehead atoms. The first-order valence-corrected chi connectivity index (χ1v) is 8.20. The number of aryl methyl sites for hydroxylation is 1. The number of methoxy groups -OCH3 is 1. The number of piperidine rings is 1. The van der Waals surface area contributed by atoms with Gasteiger partial charge in [0.2, 0.25) is 0 Å². The molecular formula is C18H23N3O3. The van der Waals surface area contributed by atoms with Crippen LogP contribution in [0.15, 0.2) is 36.5 Å². The fraction of sp³-hybridized carbons (Fsp3) is 0.444. The molecule has 1 aliphatic rings. The SMILES string of the molecule is COC(=O)C1C(O)CCCN1Cc1cn(-c2ccccc2)nc1C. The Hall–Kier alpha value is -2.18. The van der Waals surface area contributed by atoms with Crippen molar-refractivity contribution in [3.8, 4) is 5.69 Å². The second kappa shape index (κ2) is 7.15. The number of likely N-dealkylation sites (tertiary alicyclic amines) is 1. The van der Waals surface area contributed by atoms with E-state index in [0.717, 1.165) is 29.9 Å². The van der Waals surface area contributed by atoms with Crippen LogP contribution < -0.4 is 0 Å². The molecule has 128 valence electrons. The summed E-state index contributed by atoms with van der Waals surface area (Å²) in [5, 5.41) is 14.8. The van der Waals surface area contributed by atoms with Gasteiger partial charge in [-0.25, -0.2) is 4.68 Å². The molecule has 1 aromatic carbocycles. The van der Waals surface area contributed by atoms with E-state index >= 15 is 0 Å². The molecule has 2 unspecified atom stereocenters. The number of aliphatic hydroxyl groups excluding tert-OH is 1. The van der Waals surface area contributed by atoms with Crippen LogP contribution in [0.25, 0.3) is 5.69 Å². The predicted molar refractivity (Wildman–Crippen MR) is 89.8 cm³/mol. The first-order chi connectivity index (χ1) is 11.6. The zero-order valence-corrected chi connectivity index (χ0v) is 14.1. The molecule has 6 nitrogen and oxygen atoms in total. The number of aromatic nitrogens is 2. The summed E-state index contributed by atoms with van der Waals surface area (Å²) in [7, 11) is 1.36. The molecule has 2 aromatic rings. The van der Waals surface area contributed by atoms with Crippen molar-refractivity contribution in [3.63, 3.8) is 0 Å². The second-order valence-electron chi connectivity index (χ2n) is 6.17. The molecule has 2 atom stereocenters. The molecule has 2 heterocycles. The van der Waals surface area contributed by atoms with Gasteiger partial charge in [-0.05, 0) is 38.4 Å². The van der Waals surface area contributed by atoms with E-state index in [0.29, 0.717) is 13.0 Å². The van der Waals surface area contributed by atoms with E-state index in [4.69, 9.17) is 4.74 Å². The number of carbonyl (C=O) groups is 1. The second-order valence-corrected chi connectivity index (χ2v) is 6.17. The monoisotopic (exact) mass is 329 g/mol. The third kappa shape index (κ3) is 3.34. The number of carbonyl (C=O) groups excluding carboxylic acids is 1. The molecular weight excluding hydrogens is 306 g/mol. The maximum Gasteiger partial charge on any atom is 0.325 e. The highest BCUT2D eigenvalue weighted by atomic mass is 16.5. The summed E-state index contributed by atoms with van der Waals surface area (Å²) < 4.78 is 6.72. The van der Waals surface area contributed by atoms with Gasteiger partial charge in [-0.2, -0.15) is 5.10 Å². The molecule has 0 spiro atoms. The Balaban J connectivity index is 1.82. The summed E-state index contributed by atoms with van der Waals surface area (Å²) >= 11 is 0. The molecule has 1 aliphatic heterocycles. The summed E-state index contributed by atoms with van der Waals surface area (Å²) in [6.07, 6.45) is 2.79. The summed E-state index contributed by atoms with van der Waals surface area (Å²) in [6.45, 7) is 3.28. The number of aliphatic hydroxyl groups is 1. The van der Waals surface area contributed by atoms with Crippen molar-refractivity contribution < 1.29 is 14.6 Å². The van der Waals surface area contributed by atoms with Crippen LogP contribution in [0.5, 0.6) is 0 Å². The van der Waals surface area contributed by atoms with E-state index in [1.807, 2.05) is 53.0 Å². The van der Waals surface area contributed by atoms with E-state index in [9.17, 15) is 9.90 Å². The van der Waals surface area contributed by atoms with Gasteiger partial charge in [0, 0.05) is 18.3 Å². The van der Waals surface area contributed by atoms with Crippen LogP contribution in [0, 0.1) is 6.92 Å². The lowest BCUT2D eigenvalue weighted by atomic mass is 9.98. The summed E-state index contributed by atoms with van der Waals surface area (Å²) in [6, 6.07) is 9.30. The maximum atomic E-state index is 12.0. The van der Waals surface area contributed by atoms with Crippen molar-refractivity contribution in [1.82, 2.24) is 14.7 Å². The van der Waals surface area contributed by atoms with Crippen LogP contribution in [0.3, 0.4) is 0 Å². The fourth-order valence-electron chi connectivity index (χ4n) is 3.23. The molecule has 0 amide bonds. The molecule has 1 N–H and O–H groups in total. The van der Waals surface area contributed by atoms with Gasteiger partial charge in [0.15, 0.2) is 0 Å². The van der Waals surface area contributed by atoms with Gasteiger partial charge in [0.1, 0.15) is 6.04 Å². The van der Waals surface area contributed by atoms with Crippen molar-refractivity contribution >= 4 is 5.97 Å². The fourth-order valence-corrected chi connectivity index (χ4v) is 3.23. The molecule has 1 aromatic heterocycles. The van der Waals surface area contributed by atoms with Crippen LogP contribution in [0.4, 0.5) is 0 Å². The third-order valence-corrected chi connectivity index (χ3v) is 4.54. The Morgan fingerprint density at radius 3 is 2.83 bits per heavy atom. The largest absolute Gasteiger partial charge is 0.468 e. The van der Waals surface area contributed by atoms with E-state index in [-0.39, 0.29) is 5.97 Å². The molecule has 24 heavy (non-hydrogen) atoms. The van der Waals surface area contributed by atoms with Crippen molar-refractivity contribution in [2.45, 2.75) is 38.5 Å². The van der Waals surface area contributed by atoms with Gasteiger partial charge in [0.05, 0.1) is 24.6 Å². The van der Waals surface area contributed by atoms with Crippen LogP contribution >= 0.6 is 0 Å². The minimum atomic E-state index is -0.685. The first kappa shape index (κ1) is 16.7. The van der Waals surface area contributed by atoms with Crippen LogP contribution in [0.1, 0.15) is 24.1 Å². The van der Waals surface area contributed by atoms with E-state index in [1.165, 1.54) is 7.11 Å². The molecule has 1 fully saturated rings. The Bertz CT molecular complexity index is 699. The van der Waals surface area contributed by atoms with Crippen molar-refractivity contribution in [3.05, 3.63) is 47.8 Å². The van der Waals surface area contributed by atoms with E-state index in [1.54, 1.807) is 0 Å². The van der Waals surface area contributed by atoms with E-state index in [2.05, 4.69) is 5.10 Å². The Kier molecular flexibility index (Phi) is 4.97. The third-order valence-electron chi connectivity index (χ3n) is 4.54. The number of esters is 1. The lowest BCUT2D eigenvalue weighted by Gasteiger charge is -2.36. The number of benzene rings is 1. The molecule has 0 saturated carbocycles. The Labute approximate surface area is 141 Å². The van der Waals surface area contributed by atoms with Gasteiger partial charge >= 0.3 is 5.97 Å². The summed E-state index contributed by atoms with van der Waals surface area (Å²) in [4.78, 5) is 14.0. The molecule has 0 radical (unpaired) electrons. The zero-order valence-electron chi connectivity index (χ0n) is 14.1. The Morgan fingerprint density at radius 2 is 2.12 bits per heavy atom. The molecule has 1 saturated heterocycles. The van der Waals surface area contributed by atoms with Crippen LogP contribution in [0.2, 0.25) is 0 Å². The number of hydrogen-bond acceptors (Lipinski definition) is 5. The number of rotatable bonds is 4. The standard InChI is InChI=1S/C18H23N3O3/c1-13-14(12-21(19-13)15-7-4-3-5-8-15)11-20-10-6-9-16(22)17(20)18(23)24-2/h3-5,7-8,12,16-17,22H,6,9-11H2,1-2H3. The predicted octanol–water partition coefficient (Wildman–Crippen LogP) is 1.68. The number of nitrogens with zero attached hydrogens (tertiary/aromatic N) is 3. The van der Waals surface area contributed by atoms with Crippen molar-refractivity contribution in [1.29, 1.82) is 0 Å². The smallest absolute Gasteiger partial charge is 0.325 e.